The van der Waals surface area contributed by atoms with Crippen molar-refractivity contribution in [3.63, 3.8) is 0 Å². The Bertz CT molecular complexity index is 607. The lowest BCUT2D eigenvalue weighted by Gasteiger charge is -2.21. The third-order valence-electron chi connectivity index (χ3n) is 3.82. The van der Waals surface area contributed by atoms with E-state index in [4.69, 9.17) is 0 Å². The average molecular weight is 296 g/mol. The Hall–Kier alpha value is -1.82. The van der Waals surface area contributed by atoms with Crippen LogP contribution in [0.15, 0.2) is 54.2 Å². The smallest absolute Gasteiger partial charge is 0.00135 e. The van der Waals surface area contributed by atoms with Crippen molar-refractivity contribution in [1.29, 1.82) is 0 Å². The summed E-state index contributed by atoms with van der Waals surface area (Å²) in [5, 5.41) is 0. The molecule has 0 amide bonds. The Morgan fingerprint density at radius 1 is 1.09 bits per heavy atom. The highest BCUT2D eigenvalue weighted by atomic mass is 14.2. The van der Waals surface area contributed by atoms with Crippen molar-refractivity contribution in [2.75, 3.05) is 0 Å². The van der Waals surface area contributed by atoms with Gasteiger partial charge in [0.05, 0.1) is 0 Å². The molecule has 0 fully saturated rings. The van der Waals surface area contributed by atoms with E-state index in [-0.39, 0.29) is 7.43 Å². The van der Waals surface area contributed by atoms with Gasteiger partial charge in [-0.05, 0) is 73.1 Å². The molecule has 0 saturated carbocycles. The SMILES string of the molecule is C.C=C1C=C(C(/C=C\C)=C/C)Cc2cc(C)c(C)cc21.CC. The van der Waals surface area contributed by atoms with Crippen LogP contribution in [-0.2, 0) is 6.42 Å². The van der Waals surface area contributed by atoms with Gasteiger partial charge in [-0.3, -0.25) is 0 Å². The summed E-state index contributed by atoms with van der Waals surface area (Å²) >= 11 is 0. The molecule has 1 aromatic rings. The predicted molar refractivity (Wildman–Crippen MR) is 103 cm³/mol. The van der Waals surface area contributed by atoms with Gasteiger partial charge in [-0.1, -0.05) is 64.3 Å². The molecular formula is C22H32. The highest BCUT2D eigenvalue weighted by Gasteiger charge is 2.16. The van der Waals surface area contributed by atoms with Crippen molar-refractivity contribution < 1.29 is 0 Å². The molecule has 22 heavy (non-hydrogen) atoms. The van der Waals surface area contributed by atoms with Crippen LogP contribution in [0.4, 0.5) is 0 Å². The van der Waals surface area contributed by atoms with E-state index in [2.05, 4.69) is 70.7 Å². The van der Waals surface area contributed by atoms with Gasteiger partial charge < -0.3 is 0 Å². The molecule has 0 heteroatoms. The summed E-state index contributed by atoms with van der Waals surface area (Å²) in [6, 6.07) is 4.58. The summed E-state index contributed by atoms with van der Waals surface area (Å²) in [7, 11) is 0. The van der Waals surface area contributed by atoms with Gasteiger partial charge in [0.15, 0.2) is 0 Å². The minimum atomic E-state index is 0. The van der Waals surface area contributed by atoms with E-state index in [0.29, 0.717) is 0 Å². The number of aryl methyl sites for hydroxylation is 2. The molecule has 0 heterocycles. The van der Waals surface area contributed by atoms with E-state index in [1.54, 1.807) is 0 Å². The number of rotatable bonds is 2. The van der Waals surface area contributed by atoms with Crippen LogP contribution in [0.3, 0.4) is 0 Å². The zero-order chi connectivity index (χ0) is 16.0. The van der Waals surface area contributed by atoms with Gasteiger partial charge >= 0.3 is 0 Å². The quantitative estimate of drug-likeness (QED) is 0.516. The maximum Gasteiger partial charge on any atom is -0.00135 e. The molecule has 0 aliphatic heterocycles. The molecule has 2 rings (SSSR count). The molecular weight excluding hydrogens is 264 g/mol. The normalized spacial score (nSPS) is 13.8. The van der Waals surface area contributed by atoms with Gasteiger partial charge in [-0.2, -0.15) is 0 Å². The Balaban J connectivity index is 0.00000141. The number of benzene rings is 1. The van der Waals surface area contributed by atoms with Crippen LogP contribution in [0.1, 0.15) is 57.4 Å². The van der Waals surface area contributed by atoms with E-state index >= 15 is 0 Å². The fourth-order valence-corrected chi connectivity index (χ4v) is 2.62. The second kappa shape index (κ2) is 9.25. The summed E-state index contributed by atoms with van der Waals surface area (Å²) in [5.74, 6) is 0. The van der Waals surface area contributed by atoms with E-state index in [1.165, 1.54) is 33.4 Å². The van der Waals surface area contributed by atoms with E-state index in [9.17, 15) is 0 Å². The van der Waals surface area contributed by atoms with Gasteiger partial charge in [-0.15, -0.1) is 0 Å². The number of hydrogen-bond donors (Lipinski definition) is 0. The average Bonchev–Trinajstić information content (AvgIpc) is 2.48. The van der Waals surface area contributed by atoms with Crippen molar-refractivity contribution in [2.24, 2.45) is 0 Å². The first-order valence-corrected chi connectivity index (χ1v) is 7.86. The predicted octanol–water partition coefficient (Wildman–Crippen LogP) is 6.98. The van der Waals surface area contributed by atoms with Crippen molar-refractivity contribution in [3.8, 4) is 0 Å². The Kier molecular flexibility index (Phi) is 8.48. The zero-order valence-corrected chi connectivity index (χ0v) is 14.4. The lowest BCUT2D eigenvalue weighted by molar-refractivity contribution is 1.12. The Labute approximate surface area is 138 Å². The highest BCUT2D eigenvalue weighted by Crippen LogP contribution is 2.33. The summed E-state index contributed by atoms with van der Waals surface area (Å²) in [6.07, 6.45) is 9.66. The van der Waals surface area contributed by atoms with Crippen molar-refractivity contribution in [2.45, 2.75) is 55.4 Å². The standard InChI is InChI=1S/C19H22.C2H6.CH4/c1-6-8-16(7-2)17-10-15(5)19-11-14(4)13(3)9-18(19)12-17;1-2;/h6-11H,5,12H2,1-4H3;1-2H3;1H4/b8-6-,16-7+;;. The van der Waals surface area contributed by atoms with Crippen LogP contribution in [0.2, 0.25) is 0 Å². The van der Waals surface area contributed by atoms with Crippen LogP contribution in [-0.4, -0.2) is 0 Å². The molecule has 0 bridgehead atoms. The fourth-order valence-electron chi connectivity index (χ4n) is 2.62. The molecule has 0 unspecified atom stereocenters. The molecule has 0 atom stereocenters. The third kappa shape index (κ3) is 4.34. The third-order valence-corrected chi connectivity index (χ3v) is 3.82. The summed E-state index contributed by atoms with van der Waals surface area (Å²) < 4.78 is 0. The lowest BCUT2D eigenvalue weighted by atomic mass is 9.83. The van der Waals surface area contributed by atoms with E-state index < -0.39 is 0 Å². The molecule has 1 aliphatic carbocycles. The fraction of sp³-hybridized carbons (Fsp3) is 0.364. The summed E-state index contributed by atoms with van der Waals surface area (Å²) in [5.41, 5.74) is 9.20. The molecule has 0 spiro atoms. The van der Waals surface area contributed by atoms with Gasteiger partial charge in [0.25, 0.3) is 0 Å². The molecule has 0 N–H and O–H groups in total. The first-order chi connectivity index (χ1) is 10.1. The van der Waals surface area contributed by atoms with Crippen LogP contribution in [0.25, 0.3) is 5.57 Å². The Morgan fingerprint density at radius 3 is 2.23 bits per heavy atom. The maximum absolute atomic E-state index is 4.23. The zero-order valence-electron chi connectivity index (χ0n) is 14.4. The van der Waals surface area contributed by atoms with E-state index in [0.717, 1.165) is 12.0 Å². The molecule has 1 aromatic carbocycles. The molecule has 1 aliphatic rings. The second-order valence-electron chi connectivity index (χ2n) is 5.21. The first kappa shape index (κ1) is 20.2. The van der Waals surface area contributed by atoms with Crippen molar-refractivity contribution >= 4 is 5.57 Å². The van der Waals surface area contributed by atoms with Crippen molar-refractivity contribution in [1.82, 2.24) is 0 Å². The van der Waals surface area contributed by atoms with Gasteiger partial charge in [-0.25, -0.2) is 0 Å². The molecule has 0 aromatic heterocycles. The van der Waals surface area contributed by atoms with Gasteiger partial charge in [0.2, 0.25) is 0 Å². The first-order valence-electron chi connectivity index (χ1n) is 7.86. The molecule has 0 nitrogen and oxygen atoms in total. The van der Waals surface area contributed by atoms with Crippen molar-refractivity contribution in [3.05, 3.63) is 76.4 Å². The minimum Gasteiger partial charge on any atom is -0.0911 e. The maximum atomic E-state index is 4.23. The van der Waals surface area contributed by atoms with Gasteiger partial charge in [0, 0.05) is 0 Å². The van der Waals surface area contributed by atoms with Crippen LogP contribution in [0.5, 0.6) is 0 Å². The largest absolute Gasteiger partial charge is 0.0911 e. The monoisotopic (exact) mass is 296 g/mol. The van der Waals surface area contributed by atoms with Crippen LogP contribution >= 0.6 is 0 Å². The minimum absolute atomic E-state index is 0. The van der Waals surface area contributed by atoms with Crippen LogP contribution < -0.4 is 0 Å². The number of fused-ring (bicyclic) bond motifs is 1. The van der Waals surface area contributed by atoms with Gasteiger partial charge in [0.1, 0.15) is 0 Å². The summed E-state index contributed by atoms with van der Waals surface area (Å²) in [4.78, 5) is 0. The highest BCUT2D eigenvalue weighted by molar-refractivity contribution is 5.80. The van der Waals surface area contributed by atoms with Crippen LogP contribution in [0, 0.1) is 13.8 Å². The topological polar surface area (TPSA) is 0 Å². The molecule has 120 valence electrons. The lowest BCUT2D eigenvalue weighted by Crippen LogP contribution is -2.05. The molecule has 0 saturated heterocycles. The summed E-state index contributed by atoms with van der Waals surface area (Å²) in [6.45, 7) is 16.7. The Morgan fingerprint density at radius 2 is 1.68 bits per heavy atom. The van der Waals surface area contributed by atoms with E-state index in [1.807, 2.05) is 13.8 Å². The second-order valence-corrected chi connectivity index (χ2v) is 5.21. The molecule has 0 radical (unpaired) electrons. The number of hydrogen-bond acceptors (Lipinski definition) is 0. The number of allylic oxidation sites excluding steroid dienone is 7.